The molecule has 2 unspecified atom stereocenters. The summed E-state index contributed by atoms with van der Waals surface area (Å²) in [6.07, 6.45) is -1.73. The normalized spacial score (nSPS) is 36.7. The van der Waals surface area contributed by atoms with Crippen LogP contribution in [0.1, 0.15) is 102 Å². The third kappa shape index (κ3) is 12.2. The van der Waals surface area contributed by atoms with Crippen LogP contribution in [0.15, 0.2) is 11.6 Å². The van der Waals surface area contributed by atoms with Crippen LogP contribution in [0.3, 0.4) is 0 Å². The van der Waals surface area contributed by atoms with E-state index in [-0.39, 0.29) is 30.9 Å². The van der Waals surface area contributed by atoms with Gasteiger partial charge in [-0.2, -0.15) is 0 Å². The Labute approximate surface area is 332 Å². The number of hydrogen-bond acceptors (Lipinski definition) is 13. The molecule has 0 amide bonds. The minimum atomic E-state index is -2.41. The maximum atomic E-state index is 14.5. The number of ketones is 1. The molecular formula is C41H74N2O11Si. The molecule has 14 heteroatoms. The third-order valence-corrected chi connectivity index (χ3v) is 16.7. The Kier molecular flexibility index (Phi) is 18.7. The highest BCUT2D eigenvalue weighted by molar-refractivity contribution is 6.73. The molecule has 0 spiro atoms. The van der Waals surface area contributed by atoms with E-state index < -0.39 is 85.9 Å². The molecule has 12 atom stereocenters. The van der Waals surface area contributed by atoms with E-state index in [9.17, 15) is 19.2 Å². The highest BCUT2D eigenvalue weighted by atomic mass is 28.4. The molecule has 318 valence electrons. The van der Waals surface area contributed by atoms with E-state index >= 15 is 0 Å². The number of cyclic esters (lactones) is 1. The summed E-state index contributed by atoms with van der Waals surface area (Å²) in [6.45, 7) is 22.4. The fourth-order valence-electron chi connectivity index (χ4n) is 8.56. The van der Waals surface area contributed by atoms with Gasteiger partial charge in [0.05, 0.1) is 42.4 Å². The molecule has 13 nitrogen and oxygen atoms in total. The summed E-state index contributed by atoms with van der Waals surface area (Å²) in [5.41, 5.74) is -2.24. The van der Waals surface area contributed by atoms with Crippen molar-refractivity contribution in [2.24, 2.45) is 17.8 Å². The molecule has 0 aromatic carbocycles. The van der Waals surface area contributed by atoms with Crippen LogP contribution in [-0.2, 0) is 52.0 Å². The lowest BCUT2D eigenvalue weighted by Crippen LogP contribution is -2.61. The summed E-state index contributed by atoms with van der Waals surface area (Å²) in [6, 6.07) is 2.27. The Bertz CT molecular complexity index is 1320. The Balaban J connectivity index is 2.96. The van der Waals surface area contributed by atoms with Gasteiger partial charge in [0.25, 0.3) is 0 Å². The van der Waals surface area contributed by atoms with Crippen LogP contribution in [0, 0.1) is 17.8 Å². The Morgan fingerprint density at radius 2 is 1.62 bits per heavy atom. The molecule has 1 N–H and O–H groups in total. The van der Waals surface area contributed by atoms with Gasteiger partial charge < -0.3 is 43.1 Å². The van der Waals surface area contributed by atoms with E-state index in [0.717, 1.165) is 18.1 Å². The molecule has 0 aliphatic carbocycles. The molecule has 0 aromatic heterocycles. The largest absolute Gasteiger partial charge is 0.457 e. The van der Waals surface area contributed by atoms with Crippen molar-refractivity contribution < 1.29 is 52.0 Å². The van der Waals surface area contributed by atoms with E-state index in [1.807, 2.05) is 60.5 Å². The van der Waals surface area contributed by atoms with Gasteiger partial charge in [0, 0.05) is 25.9 Å². The molecule has 1 fully saturated rings. The summed E-state index contributed by atoms with van der Waals surface area (Å²) in [5.74, 6) is -3.65. The standard InChI is InChI=1S/C41H74N2O11Si/c1-17-32-40(11,53-33(45)24-42-13)22-25(5)34(46)26(6)23-41(12,48-16)37(52-39-36(50-30(10)44)31(43(14)15)21-27(7)49-39)28(8)35(29(9)38(47)51-32)54-55(18-2,19-3)20-4/h22,26-29,31-32,35-37,39,42H,17-21,23-24H2,1-16H3/b25-22+/t26-,27-,28+,29-,31+,32?,35?,36-,37-,39+,40+,41-/m1/s1. The van der Waals surface area contributed by atoms with Crippen molar-refractivity contribution in [2.45, 2.75) is 175 Å². The first-order chi connectivity index (χ1) is 25.6. The van der Waals surface area contributed by atoms with Crippen LogP contribution >= 0.6 is 0 Å². The van der Waals surface area contributed by atoms with Crippen molar-refractivity contribution in [2.75, 3.05) is 34.8 Å². The van der Waals surface area contributed by atoms with Crippen molar-refractivity contribution in [1.29, 1.82) is 0 Å². The highest BCUT2D eigenvalue weighted by Gasteiger charge is 2.52. The van der Waals surface area contributed by atoms with E-state index in [0.29, 0.717) is 18.4 Å². The molecule has 2 aliphatic rings. The fourth-order valence-corrected chi connectivity index (χ4v) is 11.6. The third-order valence-electron chi connectivity index (χ3n) is 12.1. The topological polar surface area (TPSA) is 148 Å². The second-order valence-electron chi connectivity index (χ2n) is 16.5. The predicted octanol–water partition coefficient (Wildman–Crippen LogP) is 5.83. The van der Waals surface area contributed by atoms with Crippen molar-refractivity contribution >= 4 is 32.0 Å². The van der Waals surface area contributed by atoms with Crippen molar-refractivity contribution in [3.05, 3.63) is 11.6 Å². The molecule has 55 heavy (non-hydrogen) atoms. The van der Waals surface area contributed by atoms with Gasteiger partial charge in [0.2, 0.25) is 0 Å². The number of carbonyl (C=O) groups is 4. The fraction of sp³-hybridized carbons (Fsp3) is 0.854. The molecule has 2 heterocycles. The lowest BCUT2D eigenvalue weighted by Gasteiger charge is -2.49. The zero-order valence-corrected chi connectivity index (χ0v) is 37.7. The molecule has 2 rings (SSSR count). The number of nitrogens with zero attached hydrogens (tertiary/aromatic N) is 1. The number of carbonyl (C=O) groups excluding carboxylic acids is 4. The molecule has 2 aliphatic heterocycles. The van der Waals surface area contributed by atoms with E-state index in [1.165, 1.54) is 6.92 Å². The van der Waals surface area contributed by atoms with E-state index in [1.54, 1.807) is 34.1 Å². The van der Waals surface area contributed by atoms with Gasteiger partial charge in [-0.05, 0) is 105 Å². The quantitative estimate of drug-likeness (QED) is 0.128. The van der Waals surface area contributed by atoms with Crippen molar-refractivity contribution in [3.8, 4) is 0 Å². The number of Topliss-reactive ketones (excluding diaryl/α,β-unsaturated/α-hetero) is 1. The van der Waals surface area contributed by atoms with Crippen LogP contribution < -0.4 is 5.32 Å². The molecule has 0 saturated carbocycles. The first-order valence-electron chi connectivity index (χ1n) is 20.3. The average Bonchev–Trinajstić information content (AvgIpc) is 3.12. The van der Waals surface area contributed by atoms with Gasteiger partial charge in [0.15, 0.2) is 32.1 Å². The van der Waals surface area contributed by atoms with Gasteiger partial charge >= 0.3 is 17.9 Å². The Morgan fingerprint density at radius 3 is 2.11 bits per heavy atom. The van der Waals surface area contributed by atoms with Gasteiger partial charge in [-0.15, -0.1) is 0 Å². The number of methoxy groups -OCH3 is 1. The highest BCUT2D eigenvalue weighted by Crippen LogP contribution is 2.41. The summed E-state index contributed by atoms with van der Waals surface area (Å²) in [4.78, 5) is 56.3. The van der Waals surface area contributed by atoms with Gasteiger partial charge in [-0.1, -0.05) is 41.5 Å². The maximum absolute atomic E-state index is 14.5. The minimum Gasteiger partial charge on any atom is -0.457 e. The number of allylic oxidation sites excluding steroid dienone is 1. The van der Waals surface area contributed by atoms with Gasteiger partial charge in [-0.3, -0.25) is 19.2 Å². The second-order valence-corrected chi connectivity index (χ2v) is 21.2. The first kappa shape index (κ1) is 48.9. The van der Waals surface area contributed by atoms with E-state index in [2.05, 4.69) is 26.1 Å². The molecule has 1 saturated heterocycles. The van der Waals surface area contributed by atoms with E-state index in [4.69, 9.17) is 32.8 Å². The lowest BCUT2D eigenvalue weighted by atomic mass is 9.76. The Hall–Kier alpha value is -2.20. The molecule has 0 aromatic rings. The zero-order chi connectivity index (χ0) is 42.1. The SMILES string of the molecule is CCC1OC(=O)[C@H](C)C(O[Si](CC)(CC)CC)[C@H](C)[C@@H](O[C@@H]2O[C@H](C)C[C@H](N(C)C)[C@H]2OC(C)=O)[C@](C)(OC)C[C@@H](C)C(=O)/C(C)=C/[C@]1(C)OC(=O)CNC. The van der Waals surface area contributed by atoms with Crippen LogP contribution in [0.4, 0.5) is 0 Å². The Morgan fingerprint density at radius 1 is 1.02 bits per heavy atom. The maximum Gasteiger partial charge on any atom is 0.320 e. The van der Waals surface area contributed by atoms with Crippen LogP contribution in [-0.4, -0.2) is 126 Å². The number of ether oxygens (including phenoxy) is 6. The number of likely N-dealkylation sites (N-methyl/N-ethyl adjacent to an activating group) is 2. The molecule has 0 radical (unpaired) electrons. The number of nitrogens with one attached hydrogen (secondary N) is 1. The monoisotopic (exact) mass is 799 g/mol. The van der Waals surface area contributed by atoms with Crippen molar-refractivity contribution in [3.63, 3.8) is 0 Å². The predicted molar refractivity (Wildman–Crippen MR) is 214 cm³/mol. The van der Waals surface area contributed by atoms with Gasteiger partial charge in [-0.25, -0.2) is 0 Å². The number of rotatable bonds is 14. The smallest absolute Gasteiger partial charge is 0.320 e. The van der Waals surface area contributed by atoms with Gasteiger partial charge in [0.1, 0.15) is 6.10 Å². The van der Waals surface area contributed by atoms with Crippen molar-refractivity contribution in [1.82, 2.24) is 10.2 Å². The molecule has 0 bridgehead atoms. The summed E-state index contributed by atoms with van der Waals surface area (Å²) in [5, 5.41) is 2.81. The van der Waals surface area contributed by atoms with Crippen LogP contribution in [0.5, 0.6) is 0 Å². The summed E-state index contributed by atoms with van der Waals surface area (Å²) >= 11 is 0. The number of esters is 3. The lowest BCUT2D eigenvalue weighted by molar-refractivity contribution is -0.303. The molecular weight excluding hydrogens is 725 g/mol. The average molecular weight is 799 g/mol. The minimum absolute atomic E-state index is 0.0660. The number of hydrogen-bond donors (Lipinski definition) is 1. The summed E-state index contributed by atoms with van der Waals surface area (Å²) in [7, 11) is 4.68. The van der Waals surface area contributed by atoms with Crippen LogP contribution in [0.25, 0.3) is 0 Å². The summed E-state index contributed by atoms with van der Waals surface area (Å²) < 4.78 is 45.5. The second kappa shape index (κ2) is 21.0. The first-order valence-corrected chi connectivity index (χ1v) is 22.8. The zero-order valence-electron chi connectivity index (χ0n) is 36.7. The van der Waals surface area contributed by atoms with Crippen LogP contribution in [0.2, 0.25) is 18.1 Å².